The van der Waals surface area contributed by atoms with E-state index in [1.165, 1.54) is 0 Å². The van der Waals surface area contributed by atoms with Crippen LogP contribution in [0.2, 0.25) is 10.0 Å². The minimum atomic E-state index is -0.526. The number of aliphatic hydroxyl groups is 1. The standard InChI is InChI=1S/C26H31Cl2NO2/c1-4-14-26(5-2)17-23(20-7-6-8-22(28)16-20)24(19-9-11-21(27)12-10-19)29(25(26)31)18(3)13-15-30/h4,6-12,16,18,23-24,30H,1,5,13-15,17H2,2-3H3/t18-,23+,24+,26?/m0/s1. The third-order valence-corrected chi connectivity index (χ3v) is 7.19. The Hall–Kier alpha value is -1.81. The Morgan fingerprint density at radius 3 is 2.48 bits per heavy atom. The van der Waals surface area contributed by atoms with Crippen molar-refractivity contribution in [2.45, 2.75) is 57.5 Å². The highest BCUT2D eigenvalue weighted by Gasteiger charge is 2.51. The molecule has 1 aliphatic heterocycles. The van der Waals surface area contributed by atoms with Gasteiger partial charge in [0.2, 0.25) is 5.91 Å². The molecule has 3 nitrogen and oxygen atoms in total. The molecular formula is C26H31Cl2NO2. The van der Waals surface area contributed by atoms with E-state index in [4.69, 9.17) is 23.2 Å². The minimum Gasteiger partial charge on any atom is -0.396 e. The summed E-state index contributed by atoms with van der Waals surface area (Å²) in [5.41, 5.74) is 1.63. The fraction of sp³-hybridized carbons (Fsp3) is 0.423. The molecule has 4 atom stereocenters. The topological polar surface area (TPSA) is 40.5 Å². The van der Waals surface area contributed by atoms with Crippen LogP contribution >= 0.6 is 23.2 Å². The largest absolute Gasteiger partial charge is 0.396 e. The van der Waals surface area contributed by atoms with Crippen molar-refractivity contribution in [1.82, 2.24) is 4.90 Å². The Balaban J connectivity index is 2.22. The van der Waals surface area contributed by atoms with Gasteiger partial charge in [-0.25, -0.2) is 0 Å². The number of hydrogen-bond acceptors (Lipinski definition) is 2. The number of aliphatic hydroxyl groups excluding tert-OH is 1. The van der Waals surface area contributed by atoms with E-state index >= 15 is 0 Å². The molecule has 5 heteroatoms. The molecule has 0 aromatic heterocycles. The summed E-state index contributed by atoms with van der Waals surface area (Å²) in [5, 5.41) is 11.0. The van der Waals surface area contributed by atoms with Gasteiger partial charge in [-0.05, 0) is 68.0 Å². The molecule has 1 fully saturated rings. The number of hydrogen-bond donors (Lipinski definition) is 1. The molecule has 0 radical (unpaired) electrons. The summed E-state index contributed by atoms with van der Waals surface area (Å²) >= 11 is 12.5. The Labute approximate surface area is 195 Å². The van der Waals surface area contributed by atoms with Crippen molar-refractivity contribution in [2.75, 3.05) is 6.61 Å². The lowest BCUT2D eigenvalue weighted by Crippen LogP contribution is -2.55. The van der Waals surface area contributed by atoms with Crippen LogP contribution in [-0.4, -0.2) is 28.6 Å². The molecule has 0 aliphatic carbocycles. The zero-order chi connectivity index (χ0) is 22.6. The van der Waals surface area contributed by atoms with Gasteiger partial charge in [-0.15, -0.1) is 6.58 Å². The summed E-state index contributed by atoms with van der Waals surface area (Å²) in [6.45, 7) is 8.07. The van der Waals surface area contributed by atoms with Gasteiger partial charge in [0.25, 0.3) is 0 Å². The molecule has 1 N–H and O–H groups in total. The number of rotatable bonds is 8. The van der Waals surface area contributed by atoms with Crippen LogP contribution < -0.4 is 0 Å². The molecular weight excluding hydrogens is 429 g/mol. The van der Waals surface area contributed by atoms with Crippen LogP contribution in [0.1, 0.15) is 62.6 Å². The maximum atomic E-state index is 14.0. The highest BCUT2D eigenvalue weighted by Crippen LogP contribution is 2.53. The van der Waals surface area contributed by atoms with Crippen molar-refractivity contribution in [3.63, 3.8) is 0 Å². The zero-order valence-electron chi connectivity index (χ0n) is 18.2. The monoisotopic (exact) mass is 459 g/mol. The number of piperidine rings is 1. The lowest BCUT2D eigenvalue weighted by Gasteiger charge is -2.52. The Kier molecular flexibility index (Phi) is 7.85. The van der Waals surface area contributed by atoms with E-state index in [-0.39, 0.29) is 30.5 Å². The maximum Gasteiger partial charge on any atom is 0.229 e. The van der Waals surface area contributed by atoms with Crippen LogP contribution in [0.15, 0.2) is 61.2 Å². The van der Waals surface area contributed by atoms with Crippen LogP contribution in [0, 0.1) is 5.41 Å². The Morgan fingerprint density at radius 2 is 1.90 bits per heavy atom. The minimum absolute atomic E-state index is 0.0285. The highest BCUT2D eigenvalue weighted by molar-refractivity contribution is 6.30. The first-order valence-electron chi connectivity index (χ1n) is 10.9. The van der Waals surface area contributed by atoms with E-state index in [1.54, 1.807) is 0 Å². The van der Waals surface area contributed by atoms with Crippen LogP contribution in [0.4, 0.5) is 0 Å². The molecule has 1 aliphatic rings. The predicted molar refractivity (Wildman–Crippen MR) is 129 cm³/mol. The van der Waals surface area contributed by atoms with Gasteiger partial charge in [0.15, 0.2) is 0 Å². The van der Waals surface area contributed by atoms with Gasteiger partial charge in [-0.3, -0.25) is 4.79 Å². The molecule has 166 valence electrons. The van der Waals surface area contributed by atoms with Gasteiger partial charge in [0.05, 0.1) is 11.5 Å². The van der Waals surface area contributed by atoms with Crippen LogP contribution in [0.3, 0.4) is 0 Å². The maximum absolute atomic E-state index is 14.0. The first-order chi connectivity index (χ1) is 14.9. The summed E-state index contributed by atoms with van der Waals surface area (Å²) in [5.74, 6) is 0.188. The number of carbonyl (C=O) groups excluding carboxylic acids is 1. The molecule has 1 unspecified atom stereocenters. The average molecular weight is 460 g/mol. The number of benzene rings is 2. The predicted octanol–water partition coefficient (Wildman–Crippen LogP) is 6.79. The van der Waals surface area contributed by atoms with Crippen molar-refractivity contribution < 1.29 is 9.90 Å². The third kappa shape index (κ3) is 4.84. The quantitative estimate of drug-likeness (QED) is 0.441. The fourth-order valence-electron chi connectivity index (χ4n) is 4.99. The van der Waals surface area contributed by atoms with Crippen molar-refractivity contribution >= 4 is 29.1 Å². The van der Waals surface area contributed by atoms with Gasteiger partial charge in [0.1, 0.15) is 0 Å². The van der Waals surface area contributed by atoms with E-state index in [0.29, 0.717) is 29.3 Å². The van der Waals surface area contributed by atoms with E-state index in [9.17, 15) is 9.90 Å². The van der Waals surface area contributed by atoms with Crippen molar-refractivity contribution in [3.8, 4) is 0 Å². The smallest absolute Gasteiger partial charge is 0.229 e. The molecule has 2 aromatic carbocycles. The van der Waals surface area contributed by atoms with Gasteiger partial charge in [-0.1, -0.05) is 60.5 Å². The van der Waals surface area contributed by atoms with Gasteiger partial charge < -0.3 is 10.0 Å². The van der Waals surface area contributed by atoms with Crippen LogP contribution in [0.5, 0.6) is 0 Å². The summed E-state index contributed by atoms with van der Waals surface area (Å²) in [6, 6.07) is 15.4. The molecule has 0 saturated carbocycles. The fourth-order valence-corrected chi connectivity index (χ4v) is 5.32. The van der Waals surface area contributed by atoms with Crippen LogP contribution in [-0.2, 0) is 4.79 Å². The molecule has 31 heavy (non-hydrogen) atoms. The molecule has 3 rings (SSSR count). The van der Waals surface area contributed by atoms with E-state index in [1.807, 2.05) is 60.4 Å². The molecule has 2 aromatic rings. The van der Waals surface area contributed by atoms with E-state index in [0.717, 1.165) is 17.5 Å². The summed E-state index contributed by atoms with van der Waals surface area (Å²) in [6.07, 6.45) is 4.43. The average Bonchev–Trinajstić information content (AvgIpc) is 2.75. The second kappa shape index (κ2) is 10.2. The molecule has 1 saturated heterocycles. The molecule has 1 amide bonds. The second-order valence-corrected chi connectivity index (χ2v) is 9.44. The SMILES string of the molecule is C=CCC1(CC)C[C@H](c2cccc(Cl)c2)[C@@H](c2ccc(Cl)cc2)N([C@@H](C)CCO)C1=O. The normalized spacial score (nSPS) is 24.8. The van der Waals surface area contributed by atoms with E-state index in [2.05, 4.69) is 19.6 Å². The molecule has 0 bridgehead atoms. The Bertz CT molecular complexity index is 914. The summed E-state index contributed by atoms with van der Waals surface area (Å²) in [7, 11) is 0. The number of likely N-dealkylation sites (tertiary alicyclic amines) is 1. The zero-order valence-corrected chi connectivity index (χ0v) is 19.7. The van der Waals surface area contributed by atoms with Crippen molar-refractivity contribution in [3.05, 3.63) is 82.4 Å². The van der Waals surface area contributed by atoms with Crippen LogP contribution in [0.25, 0.3) is 0 Å². The van der Waals surface area contributed by atoms with Crippen molar-refractivity contribution in [1.29, 1.82) is 0 Å². The van der Waals surface area contributed by atoms with Gasteiger partial charge in [-0.2, -0.15) is 0 Å². The lowest BCUT2D eigenvalue weighted by molar-refractivity contribution is -0.156. The number of amides is 1. The number of nitrogens with zero attached hydrogens (tertiary/aromatic N) is 1. The van der Waals surface area contributed by atoms with Gasteiger partial charge in [0, 0.05) is 28.6 Å². The summed E-state index contributed by atoms with van der Waals surface area (Å²) in [4.78, 5) is 16.0. The van der Waals surface area contributed by atoms with E-state index < -0.39 is 5.41 Å². The Morgan fingerprint density at radius 1 is 1.19 bits per heavy atom. The lowest BCUT2D eigenvalue weighted by atomic mass is 9.65. The number of halogens is 2. The summed E-state index contributed by atoms with van der Waals surface area (Å²) < 4.78 is 0. The van der Waals surface area contributed by atoms with Gasteiger partial charge >= 0.3 is 0 Å². The molecule has 0 spiro atoms. The third-order valence-electron chi connectivity index (χ3n) is 6.70. The number of carbonyl (C=O) groups is 1. The first-order valence-corrected chi connectivity index (χ1v) is 11.7. The van der Waals surface area contributed by atoms with Crippen molar-refractivity contribution in [2.24, 2.45) is 5.41 Å². The first kappa shape index (κ1) is 23.8. The number of allylic oxidation sites excluding steroid dienone is 1. The highest BCUT2D eigenvalue weighted by atomic mass is 35.5. The molecule has 1 heterocycles. The second-order valence-electron chi connectivity index (χ2n) is 8.56.